The Morgan fingerprint density at radius 3 is 2.67 bits per heavy atom. The number of fused-ring (bicyclic) bond motifs is 1. The van der Waals surface area contributed by atoms with Crippen molar-refractivity contribution in [3.8, 4) is 16.5 Å². The van der Waals surface area contributed by atoms with Crippen molar-refractivity contribution in [3.63, 3.8) is 0 Å². The van der Waals surface area contributed by atoms with Crippen LogP contribution in [0.5, 0.6) is 5.75 Å². The second-order valence-electron chi connectivity index (χ2n) is 7.53. The number of nitrogens with one attached hydrogen (secondary N) is 2. The fourth-order valence-electron chi connectivity index (χ4n) is 3.89. The van der Waals surface area contributed by atoms with Gasteiger partial charge in [-0.25, -0.2) is 18.1 Å². The largest absolute Gasteiger partial charge is 0.497 e. The molecule has 1 saturated carbocycles. The van der Waals surface area contributed by atoms with E-state index in [1.165, 1.54) is 16.9 Å². The highest BCUT2D eigenvalue weighted by molar-refractivity contribution is 7.91. The van der Waals surface area contributed by atoms with Crippen molar-refractivity contribution in [2.45, 2.75) is 23.1 Å². The monoisotopic (exact) mass is 439 g/mol. The summed E-state index contributed by atoms with van der Waals surface area (Å²) >= 11 is 1.21. The molecule has 0 aliphatic heterocycles. The summed E-state index contributed by atoms with van der Waals surface area (Å²) in [7, 11) is -1.98. The van der Waals surface area contributed by atoms with Crippen molar-refractivity contribution >= 4 is 32.4 Å². The highest BCUT2D eigenvalue weighted by Crippen LogP contribution is 2.48. The zero-order chi connectivity index (χ0) is 20.9. The minimum absolute atomic E-state index is 0.0818. The quantitative estimate of drug-likeness (QED) is 0.467. The van der Waals surface area contributed by atoms with Gasteiger partial charge in [0.2, 0.25) is 10.0 Å². The number of aromatic amines is 1. The molecule has 1 aliphatic carbocycles. The number of sulfonamides is 1. The van der Waals surface area contributed by atoms with Crippen molar-refractivity contribution in [2.75, 3.05) is 7.11 Å². The van der Waals surface area contributed by atoms with Gasteiger partial charge in [-0.15, -0.1) is 11.3 Å². The Hall–Kier alpha value is -2.68. The number of aromatic nitrogens is 2. The number of methoxy groups -OCH3 is 1. The molecule has 1 aliphatic rings. The average Bonchev–Trinajstić information content (AvgIpc) is 3.14. The molecule has 0 spiro atoms. The van der Waals surface area contributed by atoms with Gasteiger partial charge in [0.1, 0.15) is 15.8 Å². The molecule has 3 atom stereocenters. The van der Waals surface area contributed by atoms with E-state index in [2.05, 4.69) is 33.7 Å². The van der Waals surface area contributed by atoms with Gasteiger partial charge >= 0.3 is 0 Å². The summed E-state index contributed by atoms with van der Waals surface area (Å²) in [5, 5.41) is 0. The van der Waals surface area contributed by atoms with Crippen LogP contribution in [0.15, 0.2) is 64.9 Å². The summed E-state index contributed by atoms with van der Waals surface area (Å²) in [6, 6.07) is 19.0. The number of thiophene rings is 1. The second-order valence-corrected chi connectivity index (χ2v) is 10.6. The lowest BCUT2D eigenvalue weighted by atomic mass is 10.1. The van der Waals surface area contributed by atoms with Crippen LogP contribution in [0.4, 0.5) is 0 Å². The molecular weight excluding hydrogens is 418 g/mol. The first kappa shape index (κ1) is 19.3. The maximum Gasteiger partial charge on any atom is 0.250 e. The van der Waals surface area contributed by atoms with E-state index >= 15 is 0 Å². The Morgan fingerprint density at radius 1 is 1.10 bits per heavy atom. The first-order valence-corrected chi connectivity index (χ1v) is 12.0. The zero-order valence-electron chi connectivity index (χ0n) is 16.5. The van der Waals surface area contributed by atoms with E-state index in [0.717, 1.165) is 21.7 Å². The minimum atomic E-state index is -3.59. The topological polar surface area (TPSA) is 84.1 Å². The molecule has 154 valence electrons. The average molecular weight is 440 g/mol. The van der Waals surface area contributed by atoms with E-state index in [1.54, 1.807) is 19.2 Å². The molecule has 30 heavy (non-hydrogen) atoms. The third kappa shape index (κ3) is 3.40. The predicted molar refractivity (Wildman–Crippen MR) is 118 cm³/mol. The van der Waals surface area contributed by atoms with Crippen LogP contribution in [0.2, 0.25) is 0 Å². The van der Waals surface area contributed by atoms with Crippen LogP contribution in [0.1, 0.15) is 18.4 Å². The van der Waals surface area contributed by atoms with E-state index in [-0.39, 0.29) is 17.9 Å². The Kier molecular flexibility index (Phi) is 4.65. The molecule has 0 saturated heterocycles. The molecule has 5 rings (SSSR count). The molecule has 1 fully saturated rings. The van der Waals surface area contributed by atoms with Crippen molar-refractivity contribution < 1.29 is 13.2 Å². The molecule has 2 N–H and O–H groups in total. The molecule has 0 bridgehead atoms. The van der Waals surface area contributed by atoms with Gasteiger partial charge in [-0.1, -0.05) is 37.3 Å². The van der Waals surface area contributed by atoms with Crippen LogP contribution in [0, 0.1) is 5.92 Å². The normalized spacial score (nSPS) is 21.1. The number of ether oxygens (including phenoxy) is 1. The fourth-order valence-corrected chi connectivity index (χ4v) is 6.51. The van der Waals surface area contributed by atoms with Gasteiger partial charge in [0, 0.05) is 18.0 Å². The van der Waals surface area contributed by atoms with Crippen molar-refractivity contribution in [1.29, 1.82) is 0 Å². The van der Waals surface area contributed by atoms with Crippen LogP contribution >= 0.6 is 11.3 Å². The highest BCUT2D eigenvalue weighted by atomic mass is 32.2. The number of rotatable bonds is 6. The lowest BCUT2D eigenvalue weighted by molar-refractivity contribution is 0.415. The van der Waals surface area contributed by atoms with E-state index in [9.17, 15) is 8.42 Å². The lowest BCUT2D eigenvalue weighted by Gasteiger charge is -2.04. The SMILES string of the molecule is COc1ccc2nc(-c3ccc(S(=O)(=O)N[C@H]4[C@H](C)[C@@H]4c4ccccc4)s3)[nH]c2c1. The highest BCUT2D eigenvalue weighted by Gasteiger charge is 2.49. The summed E-state index contributed by atoms with van der Waals surface area (Å²) in [6.45, 7) is 2.08. The third-order valence-corrected chi connectivity index (χ3v) is 8.67. The summed E-state index contributed by atoms with van der Waals surface area (Å²) in [5.41, 5.74) is 2.82. The molecular formula is C22H21N3O3S2. The van der Waals surface area contributed by atoms with Crippen LogP contribution in [-0.2, 0) is 10.0 Å². The molecule has 2 heterocycles. The van der Waals surface area contributed by atoms with E-state index in [0.29, 0.717) is 10.0 Å². The van der Waals surface area contributed by atoms with Gasteiger partial charge in [-0.05, 0) is 35.7 Å². The Morgan fingerprint density at radius 2 is 1.90 bits per heavy atom. The summed E-state index contributed by atoms with van der Waals surface area (Å²) in [6.07, 6.45) is 0. The van der Waals surface area contributed by atoms with Crippen LogP contribution in [-0.4, -0.2) is 31.5 Å². The first-order valence-electron chi connectivity index (χ1n) is 9.67. The van der Waals surface area contributed by atoms with Gasteiger partial charge in [0.05, 0.1) is 23.0 Å². The third-order valence-electron chi connectivity index (χ3n) is 5.62. The Balaban J connectivity index is 1.37. The molecule has 0 radical (unpaired) electrons. The van der Waals surface area contributed by atoms with E-state index in [4.69, 9.17) is 4.74 Å². The van der Waals surface area contributed by atoms with Gasteiger partial charge < -0.3 is 9.72 Å². The molecule has 0 amide bonds. The zero-order valence-corrected chi connectivity index (χ0v) is 18.1. The standard InChI is InChI=1S/C22H21N3O3S2/c1-13-20(14-6-4-3-5-7-14)21(13)25-30(26,27)19-11-10-18(29-19)22-23-16-9-8-15(28-2)12-17(16)24-22/h3-13,20-21,25H,1-2H3,(H,23,24)/t13-,20-,21+/m1/s1. The number of hydrogen-bond acceptors (Lipinski definition) is 5. The second kappa shape index (κ2) is 7.23. The minimum Gasteiger partial charge on any atom is -0.497 e. The van der Waals surface area contributed by atoms with E-state index < -0.39 is 10.0 Å². The lowest BCUT2D eigenvalue weighted by Crippen LogP contribution is -2.27. The van der Waals surface area contributed by atoms with Crippen molar-refractivity contribution in [1.82, 2.24) is 14.7 Å². The Labute approximate surface area is 179 Å². The van der Waals surface area contributed by atoms with Gasteiger partial charge in [0.25, 0.3) is 0 Å². The Bertz CT molecular complexity index is 1310. The molecule has 8 heteroatoms. The maximum atomic E-state index is 13.0. The van der Waals surface area contributed by atoms with Crippen LogP contribution in [0.25, 0.3) is 21.7 Å². The summed E-state index contributed by atoms with van der Waals surface area (Å²) < 4.78 is 34.3. The van der Waals surface area contributed by atoms with Gasteiger partial charge in [-0.2, -0.15) is 0 Å². The maximum absolute atomic E-state index is 13.0. The molecule has 2 aromatic carbocycles. The number of nitrogens with zero attached hydrogens (tertiary/aromatic N) is 1. The smallest absolute Gasteiger partial charge is 0.250 e. The van der Waals surface area contributed by atoms with Gasteiger partial charge in [0.15, 0.2) is 0 Å². The summed E-state index contributed by atoms with van der Waals surface area (Å²) in [4.78, 5) is 8.59. The number of H-pyrrole nitrogens is 1. The molecule has 2 aromatic heterocycles. The number of hydrogen-bond donors (Lipinski definition) is 2. The van der Waals surface area contributed by atoms with Crippen molar-refractivity contribution in [3.05, 3.63) is 66.2 Å². The van der Waals surface area contributed by atoms with Gasteiger partial charge in [-0.3, -0.25) is 0 Å². The van der Waals surface area contributed by atoms with Crippen molar-refractivity contribution in [2.24, 2.45) is 5.92 Å². The molecule has 6 nitrogen and oxygen atoms in total. The van der Waals surface area contributed by atoms with Crippen LogP contribution < -0.4 is 9.46 Å². The number of imidazole rings is 1. The predicted octanol–water partition coefficient (Wildman–Crippen LogP) is 4.38. The molecule has 0 unspecified atom stereocenters. The number of benzene rings is 2. The fraction of sp³-hybridized carbons (Fsp3) is 0.227. The van der Waals surface area contributed by atoms with Crippen LogP contribution in [0.3, 0.4) is 0 Å². The first-order chi connectivity index (χ1) is 14.5. The van der Waals surface area contributed by atoms with E-state index in [1.807, 2.05) is 36.4 Å². The molecule has 4 aromatic rings. The summed E-state index contributed by atoms with van der Waals surface area (Å²) in [5.74, 6) is 1.87.